The van der Waals surface area contributed by atoms with Gasteiger partial charge in [-0.1, -0.05) is 0 Å². The van der Waals surface area contributed by atoms with Crippen molar-refractivity contribution in [2.24, 2.45) is 0 Å². The maximum atomic E-state index is 12.0. The van der Waals surface area contributed by atoms with Gasteiger partial charge in [-0.2, -0.15) is 0 Å². The topological polar surface area (TPSA) is 32.9 Å². The Morgan fingerprint density at radius 1 is 1.50 bits per heavy atom. The van der Waals surface area contributed by atoms with Crippen LogP contribution >= 0.6 is 0 Å². The molecular formula is C13H11NOSVW-2. The van der Waals surface area contributed by atoms with Crippen LogP contribution in [0.1, 0.15) is 6.92 Å². The first kappa shape index (κ1) is 15.7. The number of allylic oxidation sites excluding steroid dienone is 2. The van der Waals surface area contributed by atoms with E-state index in [4.69, 9.17) is 6.58 Å². The fraction of sp³-hybridized carbons (Fsp3) is 0.0769. The quantitative estimate of drug-likeness (QED) is 0.551. The zero-order valence-corrected chi connectivity index (χ0v) is 14.9. The Labute approximate surface area is 127 Å². The average molecular weight is 464 g/mol. The van der Waals surface area contributed by atoms with Gasteiger partial charge >= 0.3 is 30.9 Å². The van der Waals surface area contributed by atoms with Crippen LogP contribution in [0.25, 0.3) is 10.9 Å². The fourth-order valence-corrected chi connectivity index (χ4v) is 2.40. The average Bonchev–Trinajstić information content (AvgIpc) is 2.87. The number of fused-ring (bicyclic) bond motifs is 1. The summed E-state index contributed by atoms with van der Waals surface area (Å²) in [6.45, 7) is 7.39. The molecule has 0 bridgehead atoms. The summed E-state index contributed by atoms with van der Waals surface area (Å²) in [5, 5.41) is 1.03. The van der Waals surface area contributed by atoms with Gasteiger partial charge in [0.2, 0.25) is 0 Å². The molecule has 0 fully saturated rings. The molecule has 2 rings (SSSR count). The Bertz CT molecular complexity index is 606. The van der Waals surface area contributed by atoms with Gasteiger partial charge in [-0.3, -0.25) is 9.11 Å². The normalized spacial score (nSPS) is 12.0. The minimum absolute atomic E-state index is 0.317. The molecule has 18 heavy (non-hydrogen) atoms. The van der Waals surface area contributed by atoms with Gasteiger partial charge in [0.15, 0.2) is 0 Å². The molecule has 93 valence electrons. The number of aromatic amines is 1. The third-order valence-electron chi connectivity index (χ3n) is 2.24. The molecule has 0 amide bonds. The molecule has 0 radical (unpaired) electrons. The zero-order chi connectivity index (χ0) is 13.5. The van der Waals surface area contributed by atoms with Gasteiger partial charge in [0, 0.05) is 22.0 Å². The van der Waals surface area contributed by atoms with Crippen LogP contribution in [0.2, 0.25) is 0 Å². The summed E-state index contributed by atoms with van der Waals surface area (Å²) in [5.74, 6) is 0. The van der Waals surface area contributed by atoms with Crippen LogP contribution in [0.3, 0.4) is 0 Å². The molecule has 1 aromatic carbocycles. The summed E-state index contributed by atoms with van der Waals surface area (Å²) in [6.07, 6.45) is 6.15. The van der Waals surface area contributed by atoms with Crippen molar-refractivity contribution in [3.63, 3.8) is 0 Å². The van der Waals surface area contributed by atoms with Crippen molar-refractivity contribution >= 4 is 21.7 Å². The third-order valence-corrected chi connectivity index (χ3v) is 3.47. The molecule has 0 aliphatic heterocycles. The van der Waals surface area contributed by atoms with E-state index in [-0.39, 0.29) is 0 Å². The minimum atomic E-state index is -1.31. The van der Waals surface area contributed by atoms with Crippen molar-refractivity contribution in [1.29, 1.82) is 0 Å². The fourth-order valence-electron chi connectivity index (χ4n) is 1.48. The van der Waals surface area contributed by atoms with Crippen molar-refractivity contribution in [2.45, 2.75) is 11.8 Å². The molecule has 2 aromatic rings. The number of aromatic nitrogens is 1. The Morgan fingerprint density at radius 2 is 2.22 bits per heavy atom. The molecule has 0 spiro atoms. The molecule has 2 nitrogen and oxygen atoms in total. The molecule has 0 saturated heterocycles. The first-order chi connectivity index (χ1) is 8.72. The van der Waals surface area contributed by atoms with E-state index < -0.39 is 10.8 Å². The summed E-state index contributed by atoms with van der Waals surface area (Å²) < 4.78 is 12.0. The first-order valence-electron chi connectivity index (χ1n) is 5.02. The number of rotatable bonds is 3. The summed E-state index contributed by atoms with van der Waals surface area (Å²) in [4.78, 5) is 4.10. The van der Waals surface area contributed by atoms with Gasteiger partial charge in [-0.05, 0) is 35.1 Å². The zero-order valence-electron chi connectivity index (χ0n) is 9.71. The van der Waals surface area contributed by atoms with E-state index in [1.165, 1.54) is 22.9 Å². The first-order valence-corrected chi connectivity index (χ1v) is 12.2. The van der Waals surface area contributed by atoms with Gasteiger partial charge in [-0.15, -0.1) is 6.92 Å². The Hall–Kier alpha value is -0.337. The number of hydrogen-bond acceptors (Lipinski definition) is 1. The van der Waals surface area contributed by atoms with E-state index >= 15 is 0 Å². The van der Waals surface area contributed by atoms with E-state index in [1.54, 1.807) is 6.92 Å². The number of benzene rings is 1. The second kappa shape index (κ2) is 7.96. The monoisotopic (exact) mass is 464 g/mol. The molecule has 1 unspecified atom stereocenters. The SMILES string of the molecule is [CH-]=C(C=[C-]C)S(=O)c1ccc2[nH]ccc2c1.[V]=[W]. The van der Waals surface area contributed by atoms with E-state index in [1.807, 2.05) is 30.5 Å². The van der Waals surface area contributed by atoms with Crippen molar-refractivity contribution in [2.75, 3.05) is 0 Å². The van der Waals surface area contributed by atoms with E-state index in [0.717, 1.165) is 10.9 Å². The summed E-state index contributed by atoms with van der Waals surface area (Å²) >= 11 is 3.92. The van der Waals surface area contributed by atoms with E-state index in [9.17, 15) is 4.21 Å². The standard InChI is InChI=1S/C13H11NOS.V.W/c1-3-4-10(2)16(15)12-5-6-13-11(9-12)7-8-14-13;;/h2,4-9,14H,1H3;;/q-2;;. The van der Waals surface area contributed by atoms with Gasteiger partial charge in [0.25, 0.3) is 0 Å². The molecular weight excluding hydrogens is 453 g/mol. The van der Waals surface area contributed by atoms with Crippen LogP contribution in [0.4, 0.5) is 0 Å². The second-order valence-corrected chi connectivity index (χ2v) is 4.81. The molecule has 5 heteroatoms. The van der Waals surface area contributed by atoms with Crippen LogP contribution in [-0.4, -0.2) is 9.19 Å². The third kappa shape index (κ3) is 3.83. The van der Waals surface area contributed by atoms with E-state index in [2.05, 4.69) is 25.1 Å². The summed E-state index contributed by atoms with van der Waals surface area (Å²) in [7, 11) is -1.31. The summed E-state index contributed by atoms with van der Waals surface area (Å²) in [6, 6.07) is 7.52. The van der Waals surface area contributed by atoms with E-state index in [0.29, 0.717) is 9.80 Å². The summed E-state index contributed by atoms with van der Waals surface area (Å²) in [5.41, 5.74) is 1.02. The maximum absolute atomic E-state index is 12.0. The molecule has 0 aliphatic carbocycles. The van der Waals surface area contributed by atoms with Crippen molar-refractivity contribution in [3.8, 4) is 0 Å². The predicted molar refractivity (Wildman–Crippen MR) is 66.0 cm³/mol. The molecule has 0 aliphatic rings. The van der Waals surface area contributed by atoms with Crippen molar-refractivity contribution in [1.82, 2.24) is 4.98 Å². The van der Waals surface area contributed by atoms with Crippen LogP contribution in [0.5, 0.6) is 0 Å². The number of nitrogens with one attached hydrogen (secondary N) is 1. The Balaban J connectivity index is 0.000000771. The van der Waals surface area contributed by atoms with Gasteiger partial charge in [-0.25, -0.2) is 0 Å². The van der Waals surface area contributed by atoms with Crippen molar-refractivity contribution < 1.29 is 35.1 Å². The second-order valence-electron chi connectivity index (χ2n) is 3.33. The van der Waals surface area contributed by atoms with Crippen LogP contribution in [0.15, 0.2) is 46.3 Å². The van der Waals surface area contributed by atoms with Gasteiger partial charge in [0.05, 0.1) is 0 Å². The van der Waals surface area contributed by atoms with Crippen LogP contribution in [-0.2, 0) is 41.7 Å². The van der Waals surface area contributed by atoms with Crippen LogP contribution < -0.4 is 0 Å². The van der Waals surface area contributed by atoms with Crippen LogP contribution in [0, 0.1) is 12.7 Å². The van der Waals surface area contributed by atoms with Crippen molar-refractivity contribution in [3.05, 3.63) is 54.1 Å². The Kier molecular flexibility index (Phi) is 6.95. The predicted octanol–water partition coefficient (Wildman–Crippen LogP) is 2.97. The molecule has 1 atom stereocenters. The number of hydrogen-bond donors (Lipinski definition) is 1. The molecule has 0 saturated carbocycles. The molecule has 1 heterocycles. The van der Waals surface area contributed by atoms with Gasteiger partial charge in [0.1, 0.15) is 0 Å². The van der Waals surface area contributed by atoms with Gasteiger partial charge < -0.3 is 23.7 Å². The number of H-pyrrole nitrogens is 1. The molecule has 1 aromatic heterocycles. The Morgan fingerprint density at radius 3 is 2.89 bits per heavy atom. The molecule has 1 N–H and O–H groups in total.